The zero-order valence-corrected chi connectivity index (χ0v) is 15.3. The van der Waals surface area contributed by atoms with Gasteiger partial charge in [-0.1, -0.05) is 13.8 Å². The number of hydrogen-bond donors (Lipinski definition) is 0. The number of quaternary nitrogens is 1. The van der Waals surface area contributed by atoms with Crippen molar-refractivity contribution in [3.05, 3.63) is 0 Å². The highest BCUT2D eigenvalue weighted by Crippen LogP contribution is 2.48. The van der Waals surface area contributed by atoms with Crippen LogP contribution in [0.25, 0.3) is 0 Å². The summed E-state index contributed by atoms with van der Waals surface area (Å²) in [5.74, 6) is -0.332. The topological polar surface area (TPSA) is 71.1 Å². The third kappa shape index (κ3) is 14.2. The van der Waals surface area contributed by atoms with Gasteiger partial charge in [0.25, 0.3) is 0 Å². The Hall–Kier alpha value is -0.460. The molecule has 0 saturated carbocycles. The summed E-state index contributed by atoms with van der Waals surface area (Å²) in [5, 5.41) is 0. The lowest BCUT2D eigenvalue weighted by Gasteiger charge is -2.24. The molecule has 0 amide bonds. The van der Waals surface area contributed by atoms with Crippen LogP contribution in [0.1, 0.15) is 26.7 Å². The van der Waals surface area contributed by atoms with Crippen LogP contribution in [0.4, 0.5) is 0 Å². The fraction of sp³-hybridized carbons (Fsp3) is 0.923. The van der Waals surface area contributed by atoms with Gasteiger partial charge < -0.3 is 9.22 Å². The molecule has 0 aromatic rings. The fourth-order valence-corrected chi connectivity index (χ4v) is 2.01. The van der Waals surface area contributed by atoms with Gasteiger partial charge in [0.05, 0.1) is 34.9 Å². The first-order valence-corrected chi connectivity index (χ1v) is 8.50. The van der Waals surface area contributed by atoms with E-state index in [4.69, 9.17) is 13.6 Å². The predicted octanol–water partition coefficient (Wildman–Crippen LogP) is 2.46. The van der Waals surface area contributed by atoms with Crippen LogP contribution in [-0.2, 0) is 27.7 Å². The summed E-state index contributed by atoms with van der Waals surface area (Å²) in [7, 11) is 5.07. The van der Waals surface area contributed by atoms with Crippen LogP contribution in [-0.4, -0.2) is 65.6 Å². The van der Waals surface area contributed by atoms with Gasteiger partial charge in [-0.05, 0) is 6.42 Å². The SMILES string of the molecule is CC.COC(=O)CCCOP(=O)(OC)OCC[N+](C)(C)C. The third-order valence-corrected chi connectivity index (χ3v) is 3.68. The summed E-state index contributed by atoms with van der Waals surface area (Å²) in [4.78, 5) is 10.9. The molecule has 21 heavy (non-hydrogen) atoms. The van der Waals surface area contributed by atoms with Gasteiger partial charge >= 0.3 is 13.8 Å². The molecule has 1 unspecified atom stereocenters. The van der Waals surface area contributed by atoms with Gasteiger partial charge in [-0.15, -0.1) is 0 Å². The monoisotopic (exact) mass is 328 g/mol. The van der Waals surface area contributed by atoms with Crippen molar-refractivity contribution in [2.45, 2.75) is 26.7 Å². The molecule has 0 rings (SSSR count). The van der Waals surface area contributed by atoms with Crippen molar-refractivity contribution in [2.75, 3.05) is 55.1 Å². The fourth-order valence-electron chi connectivity index (χ4n) is 1.06. The number of hydrogen-bond acceptors (Lipinski definition) is 6. The average molecular weight is 328 g/mol. The number of phosphoric ester groups is 1. The van der Waals surface area contributed by atoms with Crippen LogP contribution < -0.4 is 0 Å². The lowest BCUT2D eigenvalue weighted by Crippen LogP contribution is -2.37. The van der Waals surface area contributed by atoms with Crippen molar-refractivity contribution in [1.82, 2.24) is 0 Å². The number of ether oxygens (including phenoxy) is 1. The Morgan fingerprint density at radius 1 is 1.05 bits per heavy atom. The molecule has 0 saturated heterocycles. The van der Waals surface area contributed by atoms with Crippen molar-refractivity contribution in [1.29, 1.82) is 0 Å². The number of carbonyl (C=O) groups excluding carboxylic acids is 1. The zero-order chi connectivity index (χ0) is 16.9. The Morgan fingerprint density at radius 3 is 2.00 bits per heavy atom. The first kappa shape index (κ1) is 22.8. The van der Waals surface area contributed by atoms with E-state index in [0.29, 0.717) is 17.4 Å². The maximum absolute atomic E-state index is 12.0. The minimum atomic E-state index is -3.52. The molecule has 0 N–H and O–H groups in total. The molecule has 0 spiro atoms. The molecule has 0 aliphatic carbocycles. The van der Waals surface area contributed by atoms with Crippen LogP contribution in [0.15, 0.2) is 0 Å². The molecular formula is C13H31NO6P+. The Kier molecular flexibility index (Phi) is 13.2. The van der Waals surface area contributed by atoms with Crippen molar-refractivity contribution >= 4 is 13.8 Å². The van der Waals surface area contributed by atoms with E-state index in [1.54, 1.807) is 0 Å². The van der Waals surface area contributed by atoms with E-state index >= 15 is 0 Å². The highest BCUT2D eigenvalue weighted by atomic mass is 31.2. The number of carbonyl (C=O) groups is 1. The van der Waals surface area contributed by atoms with Gasteiger partial charge in [0, 0.05) is 13.5 Å². The Bertz CT molecular complexity index is 316. The Morgan fingerprint density at radius 2 is 1.57 bits per heavy atom. The maximum atomic E-state index is 12.0. The number of nitrogens with zero attached hydrogens (tertiary/aromatic N) is 1. The van der Waals surface area contributed by atoms with E-state index < -0.39 is 7.82 Å². The number of methoxy groups -OCH3 is 1. The number of esters is 1. The van der Waals surface area contributed by atoms with E-state index in [1.165, 1.54) is 14.2 Å². The Balaban J connectivity index is 0. The van der Waals surface area contributed by atoms with Crippen molar-refractivity contribution in [2.24, 2.45) is 0 Å². The minimum absolute atomic E-state index is 0.116. The van der Waals surface area contributed by atoms with E-state index in [2.05, 4.69) is 4.74 Å². The number of phosphoric acid groups is 1. The molecule has 1 atom stereocenters. The van der Waals surface area contributed by atoms with Crippen molar-refractivity contribution < 1.29 is 32.2 Å². The van der Waals surface area contributed by atoms with Crippen molar-refractivity contribution in [3.63, 3.8) is 0 Å². The molecule has 0 aliphatic rings. The summed E-state index contributed by atoms with van der Waals surface area (Å²) >= 11 is 0. The molecule has 0 bridgehead atoms. The molecule has 7 nitrogen and oxygen atoms in total. The van der Waals surface area contributed by atoms with Gasteiger partial charge in [-0.3, -0.25) is 18.4 Å². The highest BCUT2D eigenvalue weighted by molar-refractivity contribution is 7.48. The Labute approximate surface area is 128 Å². The van der Waals surface area contributed by atoms with E-state index in [-0.39, 0.29) is 25.6 Å². The van der Waals surface area contributed by atoms with Crippen LogP contribution in [0.5, 0.6) is 0 Å². The predicted molar refractivity (Wildman–Crippen MR) is 82.0 cm³/mol. The second-order valence-corrected chi connectivity index (χ2v) is 6.77. The quantitative estimate of drug-likeness (QED) is 0.265. The summed E-state index contributed by atoms with van der Waals surface area (Å²) in [6.07, 6.45) is 0.609. The first-order valence-electron chi connectivity index (χ1n) is 7.04. The largest absolute Gasteiger partial charge is 0.474 e. The van der Waals surface area contributed by atoms with Crippen LogP contribution in [0.3, 0.4) is 0 Å². The normalized spacial score (nSPS) is 13.9. The molecule has 0 aromatic heterocycles. The first-order chi connectivity index (χ1) is 9.72. The molecule has 8 heteroatoms. The number of rotatable bonds is 10. The zero-order valence-electron chi connectivity index (χ0n) is 14.4. The summed E-state index contributed by atoms with van der Waals surface area (Å²) in [5.41, 5.74) is 0. The summed E-state index contributed by atoms with van der Waals surface area (Å²) in [6, 6.07) is 0. The van der Waals surface area contributed by atoms with E-state index in [0.717, 1.165) is 0 Å². The minimum Gasteiger partial charge on any atom is -0.469 e. The van der Waals surface area contributed by atoms with Gasteiger partial charge in [-0.25, -0.2) is 4.57 Å². The molecule has 0 fully saturated rings. The number of likely N-dealkylation sites (N-methyl/N-ethyl adjacent to an activating group) is 1. The molecule has 128 valence electrons. The van der Waals surface area contributed by atoms with Gasteiger partial charge in [-0.2, -0.15) is 0 Å². The molecule has 0 aliphatic heterocycles. The van der Waals surface area contributed by atoms with E-state index in [9.17, 15) is 9.36 Å². The van der Waals surface area contributed by atoms with Gasteiger partial charge in [0.1, 0.15) is 13.2 Å². The lowest BCUT2D eigenvalue weighted by molar-refractivity contribution is -0.870. The van der Waals surface area contributed by atoms with Crippen LogP contribution >= 0.6 is 7.82 Å². The summed E-state index contributed by atoms with van der Waals surface area (Å²) < 4.78 is 32.2. The van der Waals surface area contributed by atoms with Crippen LogP contribution in [0.2, 0.25) is 0 Å². The van der Waals surface area contributed by atoms with Gasteiger partial charge in [0.15, 0.2) is 0 Å². The molecular weight excluding hydrogens is 297 g/mol. The maximum Gasteiger partial charge on any atom is 0.474 e. The molecule has 0 heterocycles. The second kappa shape index (κ2) is 12.1. The molecule has 0 aromatic carbocycles. The molecule has 0 radical (unpaired) electrons. The lowest BCUT2D eigenvalue weighted by atomic mass is 10.3. The third-order valence-electron chi connectivity index (χ3n) is 2.24. The average Bonchev–Trinajstić information content (AvgIpc) is 2.44. The second-order valence-electron chi connectivity index (χ2n) is 4.99. The standard InChI is InChI=1S/C11H25NO6P.C2H6/c1-12(2,3)8-10-18-19(14,16-5)17-9-6-7-11(13)15-4;1-2/h6-10H2,1-5H3;1-2H3/q+1;. The van der Waals surface area contributed by atoms with Crippen LogP contribution in [0, 0.1) is 0 Å². The summed E-state index contributed by atoms with van der Waals surface area (Å²) in [6.45, 7) is 5.06. The van der Waals surface area contributed by atoms with E-state index in [1.807, 2.05) is 35.0 Å². The smallest absolute Gasteiger partial charge is 0.469 e. The van der Waals surface area contributed by atoms with Gasteiger partial charge in [0.2, 0.25) is 0 Å². The van der Waals surface area contributed by atoms with Crippen molar-refractivity contribution in [3.8, 4) is 0 Å². The highest BCUT2D eigenvalue weighted by Gasteiger charge is 2.25.